The third-order valence-corrected chi connectivity index (χ3v) is 6.68. The van der Waals surface area contributed by atoms with E-state index in [2.05, 4.69) is 63.3 Å². The molecule has 0 fully saturated rings. The van der Waals surface area contributed by atoms with Gasteiger partial charge in [0.05, 0.1) is 0 Å². The van der Waals surface area contributed by atoms with Crippen molar-refractivity contribution in [2.75, 3.05) is 0 Å². The maximum atomic E-state index is 2.30. The Morgan fingerprint density at radius 1 is 0.765 bits per heavy atom. The predicted octanol–water partition coefficient (Wildman–Crippen LogP) is 1.63. The van der Waals surface area contributed by atoms with E-state index in [1.54, 1.807) is 0 Å². The van der Waals surface area contributed by atoms with Crippen LogP contribution in [0.3, 0.4) is 0 Å². The van der Waals surface area contributed by atoms with E-state index in [4.69, 9.17) is 0 Å². The summed E-state index contributed by atoms with van der Waals surface area (Å²) in [6, 6.07) is 0. The summed E-state index contributed by atoms with van der Waals surface area (Å²) in [5, 5.41) is 0. The molecule has 0 radical (unpaired) electrons. The van der Waals surface area contributed by atoms with E-state index in [9.17, 15) is 0 Å². The van der Waals surface area contributed by atoms with Gasteiger partial charge < -0.3 is 0 Å². The van der Waals surface area contributed by atoms with Gasteiger partial charge in [0.1, 0.15) is 0 Å². The Bertz CT molecular complexity index is 511. The summed E-state index contributed by atoms with van der Waals surface area (Å²) < 4.78 is 7.62. The zero-order chi connectivity index (χ0) is 12.7. The second-order valence-corrected chi connectivity index (χ2v) is 6.82. The number of hydrogen-bond donors (Lipinski definition) is 0. The van der Waals surface area contributed by atoms with E-state index < -0.39 is 0 Å². The topological polar surface area (TPSA) is 9.86 Å². The van der Waals surface area contributed by atoms with E-state index in [-0.39, 0.29) is 17.1 Å². The fraction of sp³-hybridized carbons (Fsp3) is 0.429. The molecule has 0 spiro atoms. The summed E-state index contributed by atoms with van der Waals surface area (Å²) >= 11 is 0.111. The van der Waals surface area contributed by atoms with E-state index in [1.807, 2.05) is 0 Å². The molecular weight excluding hydrogens is 297 g/mol. The molecule has 0 atom stereocenters. The first-order valence-corrected chi connectivity index (χ1v) is 7.53. The zero-order valence-electron chi connectivity index (χ0n) is 11.4. The van der Waals surface area contributed by atoms with E-state index in [1.165, 1.54) is 30.8 Å². The fourth-order valence-electron chi connectivity index (χ4n) is 2.07. The second-order valence-electron chi connectivity index (χ2n) is 4.74. The van der Waals surface area contributed by atoms with Crippen molar-refractivity contribution in [2.45, 2.75) is 27.7 Å². The molecule has 0 saturated carbocycles. The fourth-order valence-corrected chi connectivity index (χ4v) is 4.63. The Morgan fingerprint density at radius 3 is 1.35 bits per heavy atom. The third-order valence-electron chi connectivity index (χ3n) is 3.33. The average Bonchev–Trinajstić information content (AvgIpc) is 2.62. The van der Waals surface area contributed by atoms with Gasteiger partial charge in [-0.1, -0.05) is 0 Å². The Labute approximate surface area is 111 Å². The molecule has 0 unspecified atom stereocenters. The van der Waals surface area contributed by atoms with Gasteiger partial charge in [0.25, 0.3) is 0 Å². The summed E-state index contributed by atoms with van der Waals surface area (Å²) in [6.45, 7) is 8.87. The van der Waals surface area contributed by atoms with Gasteiger partial charge in [-0.05, 0) is 0 Å². The molecule has 2 aromatic heterocycles. The van der Waals surface area contributed by atoms with Crippen LogP contribution in [-0.2, 0) is 31.2 Å². The summed E-state index contributed by atoms with van der Waals surface area (Å²) in [6.07, 6.45) is 4.48. The van der Waals surface area contributed by atoms with Crippen LogP contribution in [0.4, 0.5) is 0 Å². The van der Waals surface area contributed by atoms with E-state index in [0.29, 0.717) is 0 Å². The van der Waals surface area contributed by atoms with Gasteiger partial charge in [-0.2, -0.15) is 0 Å². The zero-order valence-corrected chi connectivity index (χ0v) is 13.1. The molecule has 0 bridgehead atoms. The predicted molar refractivity (Wildman–Crippen MR) is 69.0 cm³/mol. The number of hydrogen-bond acceptors (Lipinski definition) is 0. The molecule has 0 aliphatic heterocycles. The van der Waals surface area contributed by atoms with Crippen molar-refractivity contribution >= 4 is 8.58 Å². The SMILES string of the molecule is Cc1cn(C)[c]([Ru][c]2c(C)c(C)cn2C)c1C. The van der Waals surface area contributed by atoms with Crippen molar-refractivity contribution < 1.29 is 17.1 Å². The summed E-state index contributed by atoms with van der Waals surface area (Å²) in [5.41, 5.74) is 5.73. The first-order valence-electron chi connectivity index (χ1n) is 5.79. The Hall–Kier alpha value is -0.817. The monoisotopic (exact) mass is 318 g/mol. The van der Waals surface area contributed by atoms with E-state index in [0.717, 1.165) is 0 Å². The number of nitrogens with zero attached hydrogens (tertiary/aromatic N) is 2. The number of aryl methyl sites for hydroxylation is 4. The van der Waals surface area contributed by atoms with Gasteiger partial charge in [-0.15, -0.1) is 0 Å². The van der Waals surface area contributed by atoms with Crippen molar-refractivity contribution in [3.05, 3.63) is 34.6 Å². The quantitative estimate of drug-likeness (QED) is 0.745. The summed E-state index contributed by atoms with van der Waals surface area (Å²) in [7, 11) is 4.32. The minimum absolute atomic E-state index is 0.111. The van der Waals surface area contributed by atoms with Crippen molar-refractivity contribution in [1.82, 2.24) is 9.13 Å². The molecule has 17 heavy (non-hydrogen) atoms. The normalized spacial score (nSPS) is 11.4. The first-order chi connectivity index (χ1) is 7.91. The van der Waals surface area contributed by atoms with Crippen molar-refractivity contribution in [3.8, 4) is 0 Å². The number of aromatic nitrogens is 2. The molecule has 2 nitrogen and oxygen atoms in total. The van der Waals surface area contributed by atoms with Crippen molar-refractivity contribution in [1.29, 1.82) is 0 Å². The second kappa shape index (κ2) is 4.46. The molecule has 0 amide bonds. The van der Waals surface area contributed by atoms with Gasteiger partial charge in [-0.25, -0.2) is 0 Å². The molecule has 3 heteroatoms. The molecular formula is C14H20N2Ru. The Morgan fingerprint density at radius 2 is 1.12 bits per heavy atom. The standard InChI is InChI=1S/2C7H10N.Ru/c2*1-6-4-8(3)5-7(6)2;/h2*4H,1-3H3;. The summed E-state index contributed by atoms with van der Waals surface area (Å²) in [4.78, 5) is 0. The average molecular weight is 317 g/mol. The van der Waals surface area contributed by atoms with Crippen LogP contribution in [0, 0.1) is 27.7 Å². The van der Waals surface area contributed by atoms with Crippen LogP contribution >= 0.6 is 0 Å². The van der Waals surface area contributed by atoms with Gasteiger partial charge >= 0.3 is 111 Å². The molecule has 2 rings (SSSR count). The molecule has 0 aliphatic carbocycles. The first kappa shape index (κ1) is 12.6. The molecule has 0 N–H and O–H groups in total. The van der Waals surface area contributed by atoms with Crippen molar-refractivity contribution in [2.24, 2.45) is 14.1 Å². The Balaban J connectivity index is 2.44. The van der Waals surface area contributed by atoms with Crippen molar-refractivity contribution in [3.63, 3.8) is 0 Å². The van der Waals surface area contributed by atoms with E-state index >= 15 is 0 Å². The van der Waals surface area contributed by atoms with Gasteiger partial charge in [0.15, 0.2) is 0 Å². The maximum absolute atomic E-state index is 2.30. The molecule has 0 aliphatic rings. The third kappa shape index (κ3) is 2.13. The van der Waals surface area contributed by atoms with Crippen LogP contribution in [0.5, 0.6) is 0 Å². The van der Waals surface area contributed by atoms with Crippen LogP contribution in [0.15, 0.2) is 12.4 Å². The van der Waals surface area contributed by atoms with Gasteiger partial charge in [-0.3, -0.25) is 0 Å². The van der Waals surface area contributed by atoms with Crippen LogP contribution < -0.4 is 8.58 Å². The molecule has 94 valence electrons. The van der Waals surface area contributed by atoms with Crippen LogP contribution in [-0.4, -0.2) is 9.13 Å². The Kier molecular flexibility index (Phi) is 3.31. The minimum atomic E-state index is 0.111. The van der Waals surface area contributed by atoms with Gasteiger partial charge in [0.2, 0.25) is 0 Å². The van der Waals surface area contributed by atoms with Crippen LogP contribution in [0.1, 0.15) is 22.3 Å². The molecule has 2 aromatic rings. The molecule has 0 saturated heterocycles. The molecule has 2 heterocycles. The van der Waals surface area contributed by atoms with Crippen LogP contribution in [0.2, 0.25) is 0 Å². The number of rotatable bonds is 2. The van der Waals surface area contributed by atoms with Gasteiger partial charge in [0, 0.05) is 0 Å². The van der Waals surface area contributed by atoms with Crippen LogP contribution in [0.25, 0.3) is 0 Å². The summed E-state index contributed by atoms with van der Waals surface area (Å²) in [5.74, 6) is 0. The molecule has 0 aromatic carbocycles.